The molecule has 1 radical (unpaired) electrons. The van der Waals surface area contributed by atoms with Crippen LogP contribution in [-0.4, -0.2) is 0 Å². The van der Waals surface area contributed by atoms with Gasteiger partial charge in [0.15, 0.2) is 0 Å². The lowest BCUT2D eigenvalue weighted by Gasteiger charge is -2.09. The number of rotatable bonds is 3. The third-order valence-corrected chi connectivity index (χ3v) is 4.07. The molecule has 0 amide bonds. The van der Waals surface area contributed by atoms with Crippen molar-refractivity contribution in [1.29, 1.82) is 0 Å². The summed E-state index contributed by atoms with van der Waals surface area (Å²) in [6.45, 7) is 4.30. The third kappa shape index (κ3) is 3.46. The molecule has 0 spiro atoms. The van der Waals surface area contributed by atoms with Crippen molar-refractivity contribution >= 4 is 31.9 Å². The highest BCUT2D eigenvalue weighted by Crippen LogP contribution is 2.21. The van der Waals surface area contributed by atoms with E-state index in [1.165, 1.54) is 22.3 Å². The van der Waals surface area contributed by atoms with E-state index in [4.69, 9.17) is 0 Å². The molecular weight excluding hydrogens is 352 g/mol. The number of hydrogen-bond acceptors (Lipinski definition) is 0. The summed E-state index contributed by atoms with van der Waals surface area (Å²) >= 11 is 7.02. The molecule has 2 heteroatoms. The van der Waals surface area contributed by atoms with E-state index in [0.29, 0.717) is 0 Å². The average molecular weight is 367 g/mol. The van der Waals surface area contributed by atoms with Gasteiger partial charge >= 0.3 is 0 Å². The predicted octanol–water partition coefficient (Wildman–Crippen LogP) is 5.62. The number of hydrogen-bond donors (Lipinski definition) is 0. The Morgan fingerprint density at radius 2 is 1.56 bits per heavy atom. The van der Waals surface area contributed by atoms with Crippen LogP contribution in [0, 0.1) is 20.3 Å². The van der Waals surface area contributed by atoms with Crippen molar-refractivity contribution < 1.29 is 0 Å². The van der Waals surface area contributed by atoms with Gasteiger partial charge in [0.05, 0.1) is 0 Å². The summed E-state index contributed by atoms with van der Waals surface area (Å²) in [5.74, 6) is 0. The zero-order valence-electron chi connectivity index (χ0n) is 10.5. The SMILES string of the molecule is Cc1cc(Br)ccc1[CH]Cc1cc(Br)ccc1C. The molecule has 93 valence electrons. The maximum absolute atomic E-state index is 3.53. The first-order chi connectivity index (χ1) is 8.56. The molecule has 0 nitrogen and oxygen atoms in total. The van der Waals surface area contributed by atoms with E-state index in [0.717, 1.165) is 15.4 Å². The molecule has 0 fully saturated rings. The van der Waals surface area contributed by atoms with Gasteiger partial charge in [-0.1, -0.05) is 44.0 Å². The van der Waals surface area contributed by atoms with E-state index < -0.39 is 0 Å². The lowest BCUT2D eigenvalue weighted by Crippen LogP contribution is -1.94. The second-order valence-corrected chi connectivity index (χ2v) is 6.31. The van der Waals surface area contributed by atoms with Gasteiger partial charge in [0.2, 0.25) is 0 Å². The molecule has 2 rings (SSSR count). The predicted molar refractivity (Wildman–Crippen MR) is 84.9 cm³/mol. The van der Waals surface area contributed by atoms with Crippen LogP contribution in [-0.2, 0) is 6.42 Å². The molecule has 0 aliphatic heterocycles. The van der Waals surface area contributed by atoms with Crippen molar-refractivity contribution in [3.05, 3.63) is 74.0 Å². The highest BCUT2D eigenvalue weighted by Gasteiger charge is 2.03. The molecule has 0 atom stereocenters. The normalized spacial score (nSPS) is 10.7. The van der Waals surface area contributed by atoms with Gasteiger partial charge in [0.25, 0.3) is 0 Å². The lowest BCUT2D eigenvalue weighted by molar-refractivity contribution is 1.12. The first-order valence-corrected chi connectivity index (χ1v) is 7.49. The van der Waals surface area contributed by atoms with Crippen LogP contribution in [0.15, 0.2) is 45.3 Å². The van der Waals surface area contributed by atoms with Crippen LogP contribution in [0.5, 0.6) is 0 Å². The summed E-state index contributed by atoms with van der Waals surface area (Å²) in [5, 5.41) is 0. The van der Waals surface area contributed by atoms with Gasteiger partial charge in [-0.25, -0.2) is 0 Å². The Balaban J connectivity index is 2.13. The lowest BCUT2D eigenvalue weighted by atomic mass is 9.98. The Hall–Kier alpha value is -0.600. The van der Waals surface area contributed by atoms with E-state index in [2.05, 4.69) is 88.5 Å². The molecule has 0 N–H and O–H groups in total. The topological polar surface area (TPSA) is 0 Å². The molecule has 0 saturated heterocycles. The van der Waals surface area contributed by atoms with Crippen LogP contribution in [0.1, 0.15) is 22.3 Å². The molecular formula is C16H15Br2. The van der Waals surface area contributed by atoms with Gasteiger partial charge in [0, 0.05) is 8.95 Å². The van der Waals surface area contributed by atoms with Gasteiger partial charge in [-0.15, -0.1) is 0 Å². The minimum Gasteiger partial charge on any atom is -0.0579 e. The first-order valence-electron chi connectivity index (χ1n) is 5.90. The van der Waals surface area contributed by atoms with Gasteiger partial charge in [-0.2, -0.15) is 0 Å². The maximum atomic E-state index is 3.53. The summed E-state index contributed by atoms with van der Waals surface area (Å²) < 4.78 is 2.28. The molecule has 2 aromatic rings. The van der Waals surface area contributed by atoms with E-state index in [1.54, 1.807) is 0 Å². The van der Waals surface area contributed by atoms with E-state index in [1.807, 2.05) is 0 Å². The zero-order chi connectivity index (χ0) is 13.1. The van der Waals surface area contributed by atoms with Crippen LogP contribution in [0.4, 0.5) is 0 Å². The monoisotopic (exact) mass is 365 g/mol. The highest BCUT2D eigenvalue weighted by molar-refractivity contribution is 9.10. The van der Waals surface area contributed by atoms with E-state index in [9.17, 15) is 0 Å². The quantitative estimate of drug-likeness (QED) is 0.660. The largest absolute Gasteiger partial charge is 0.0579 e. The molecule has 0 aliphatic rings. The van der Waals surface area contributed by atoms with Crippen LogP contribution in [0.3, 0.4) is 0 Å². The fourth-order valence-corrected chi connectivity index (χ4v) is 2.83. The van der Waals surface area contributed by atoms with E-state index in [-0.39, 0.29) is 0 Å². The minimum atomic E-state index is 0.966. The second kappa shape index (κ2) is 6.03. The summed E-state index contributed by atoms with van der Waals surface area (Å²) in [6, 6.07) is 12.8. The van der Waals surface area contributed by atoms with Gasteiger partial charge in [-0.3, -0.25) is 0 Å². The molecule has 0 aromatic heterocycles. The number of benzene rings is 2. The number of aryl methyl sites for hydroxylation is 2. The van der Waals surface area contributed by atoms with Crippen LogP contribution in [0.25, 0.3) is 0 Å². The van der Waals surface area contributed by atoms with Gasteiger partial charge in [-0.05, 0) is 73.2 Å². The zero-order valence-corrected chi connectivity index (χ0v) is 13.7. The third-order valence-electron chi connectivity index (χ3n) is 3.08. The summed E-state index contributed by atoms with van der Waals surface area (Å²) in [4.78, 5) is 0. The average Bonchev–Trinajstić information content (AvgIpc) is 2.32. The molecule has 0 saturated carbocycles. The molecule has 2 aromatic carbocycles. The molecule has 18 heavy (non-hydrogen) atoms. The van der Waals surface area contributed by atoms with Gasteiger partial charge in [0.1, 0.15) is 0 Å². The Bertz CT molecular complexity index is 559. The van der Waals surface area contributed by atoms with Crippen LogP contribution >= 0.6 is 31.9 Å². The first kappa shape index (κ1) is 13.8. The summed E-state index contributed by atoms with van der Waals surface area (Å²) in [7, 11) is 0. The fraction of sp³-hybridized carbons (Fsp3) is 0.188. The summed E-state index contributed by atoms with van der Waals surface area (Å²) in [5.41, 5.74) is 5.31. The minimum absolute atomic E-state index is 0.966. The van der Waals surface area contributed by atoms with E-state index >= 15 is 0 Å². The van der Waals surface area contributed by atoms with Crippen molar-refractivity contribution in [2.75, 3.05) is 0 Å². The smallest absolute Gasteiger partial charge is 0.0178 e. The summed E-state index contributed by atoms with van der Waals surface area (Å²) in [6.07, 6.45) is 3.25. The highest BCUT2D eigenvalue weighted by atomic mass is 79.9. The Morgan fingerprint density at radius 3 is 2.28 bits per heavy atom. The molecule has 0 bridgehead atoms. The molecule has 0 heterocycles. The Morgan fingerprint density at radius 1 is 0.889 bits per heavy atom. The fourth-order valence-electron chi connectivity index (χ4n) is 1.95. The Labute approximate surface area is 126 Å². The van der Waals surface area contributed by atoms with Crippen molar-refractivity contribution in [3.8, 4) is 0 Å². The molecule has 0 aliphatic carbocycles. The van der Waals surface area contributed by atoms with Crippen molar-refractivity contribution in [2.24, 2.45) is 0 Å². The van der Waals surface area contributed by atoms with Crippen molar-refractivity contribution in [1.82, 2.24) is 0 Å². The second-order valence-electron chi connectivity index (χ2n) is 4.48. The number of halogens is 2. The van der Waals surface area contributed by atoms with Crippen molar-refractivity contribution in [3.63, 3.8) is 0 Å². The Kier molecular flexibility index (Phi) is 4.63. The van der Waals surface area contributed by atoms with Crippen molar-refractivity contribution in [2.45, 2.75) is 20.3 Å². The molecule has 0 unspecified atom stereocenters. The van der Waals surface area contributed by atoms with Gasteiger partial charge < -0.3 is 0 Å². The van der Waals surface area contributed by atoms with Crippen LogP contribution < -0.4 is 0 Å². The van der Waals surface area contributed by atoms with Crippen LogP contribution in [0.2, 0.25) is 0 Å². The standard InChI is InChI=1S/C16H15Br2/c1-11-3-7-16(18)10-14(11)5-4-13-6-8-15(17)9-12(13)2/h3-4,6-10H,5H2,1-2H3. The maximum Gasteiger partial charge on any atom is 0.0178 e.